The Kier molecular flexibility index (Phi) is 4.94. The fourth-order valence-corrected chi connectivity index (χ4v) is 3.59. The van der Waals surface area contributed by atoms with Crippen molar-refractivity contribution in [2.45, 2.75) is 20.0 Å². The number of aromatic nitrogens is 2. The molecular formula is C18H20N4O3S. The topological polar surface area (TPSA) is 76.3 Å². The van der Waals surface area contributed by atoms with E-state index in [1.807, 2.05) is 43.3 Å². The third-order valence-corrected chi connectivity index (χ3v) is 5.01. The zero-order valence-electron chi connectivity index (χ0n) is 14.9. The Labute approximate surface area is 154 Å². The van der Waals surface area contributed by atoms with Crippen molar-refractivity contribution in [2.24, 2.45) is 0 Å². The van der Waals surface area contributed by atoms with E-state index in [0.29, 0.717) is 15.9 Å². The Hall–Kier alpha value is -2.87. The van der Waals surface area contributed by atoms with Gasteiger partial charge in [-0.15, -0.1) is 11.3 Å². The van der Waals surface area contributed by atoms with Crippen LogP contribution in [0.15, 0.2) is 45.3 Å². The first kappa shape index (κ1) is 17.9. The van der Waals surface area contributed by atoms with Crippen molar-refractivity contribution in [3.8, 4) is 0 Å². The first-order chi connectivity index (χ1) is 12.4. The third kappa shape index (κ3) is 3.28. The van der Waals surface area contributed by atoms with E-state index in [2.05, 4.69) is 5.32 Å². The van der Waals surface area contributed by atoms with Gasteiger partial charge in [-0.1, -0.05) is 0 Å². The molecule has 0 unspecified atom stereocenters. The summed E-state index contributed by atoms with van der Waals surface area (Å²) in [4.78, 5) is 39.3. The second kappa shape index (κ2) is 7.17. The molecule has 0 aliphatic rings. The maximum Gasteiger partial charge on any atom is 0.331 e. The second-order valence-corrected chi connectivity index (χ2v) is 6.96. The number of fused-ring (bicyclic) bond motifs is 1. The molecule has 136 valence electrons. The van der Waals surface area contributed by atoms with Gasteiger partial charge < -0.3 is 10.2 Å². The van der Waals surface area contributed by atoms with E-state index < -0.39 is 5.69 Å². The molecule has 2 heterocycles. The maximum absolute atomic E-state index is 12.6. The minimum Gasteiger partial charge on any atom is -0.378 e. The van der Waals surface area contributed by atoms with Crippen molar-refractivity contribution < 1.29 is 4.79 Å². The van der Waals surface area contributed by atoms with Gasteiger partial charge in [0.15, 0.2) is 0 Å². The van der Waals surface area contributed by atoms with Crippen LogP contribution in [0, 0.1) is 0 Å². The van der Waals surface area contributed by atoms with Crippen molar-refractivity contribution in [3.63, 3.8) is 0 Å². The molecule has 3 aromatic rings. The van der Waals surface area contributed by atoms with Crippen molar-refractivity contribution in [1.82, 2.24) is 9.13 Å². The molecule has 3 rings (SSSR count). The van der Waals surface area contributed by atoms with Crippen molar-refractivity contribution in [1.29, 1.82) is 0 Å². The standard InChI is InChI=1S/C18H20N4O3S/c1-4-21-17(24)16-14(9-10-26-16)22(18(21)25)11-15(23)19-12-5-7-13(8-6-12)20(2)3/h5-10H,4,11H2,1-3H3,(H,19,23). The summed E-state index contributed by atoms with van der Waals surface area (Å²) in [6.07, 6.45) is 0. The van der Waals surface area contributed by atoms with E-state index >= 15 is 0 Å². The summed E-state index contributed by atoms with van der Waals surface area (Å²) in [5, 5.41) is 4.54. The Morgan fingerprint density at radius 1 is 1.12 bits per heavy atom. The lowest BCUT2D eigenvalue weighted by Gasteiger charge is -2.14. The molecule has 0 saturated heterocycles. The predicted octanol–water partition coefficient (Wildman–Crippen LogP) is 1.95. The summed E-state index contributed by atoms with van der Waals surface area (Å²) in [6, 6.07) is 9.11. The molecule has 8 heteroatoms. The van der Waals surface area contributed by atoms with Crippen LogP contribution in [-0.2, 0) is 17.9 Å². The Morgan fingerprint density at radius 3 is 2.42 bits per heavy atom. The number of benzene rings is 1. The van der Waals surface area contributed by atoms with E-state index in [1.165, 1.54) is 15.9 Å². The highest BCUT2D eigenvalue weighted by molar-refractivity contribution is 7.17. The molecule has 0 aliphatic heterocycles. The van der Waals surface area contributed by atoms with Gasteiger partial charge in [0.1, 0.15) is 11.2 Å². The number of rotatable bonds is 5. The van der Waals surface area contributed by atoms with Gasteiger partial charge in [-0.25, -0.2) is 4.79 Å². The molecule has 0 radical (unpaired) electrons. The van der Waals surface area contributed by atoms with Crippen LogP contribution in [0.25, 0.3) is 10.2 Å². The van der Waals surface area contributed by atoms with Crippen molar-refractivity contribution >= 4 is 38.8 Å². The summed E-state index contributed by atoms with van der Waals surface area (Å²) in [5.41, 5.74) is 1.39. The van der Waals surface area contributed by atoms with Gasteiger partial charge in [0, 0.05) is 32.0 Å². The highest BCUT2D eigenvalue weighted by Gasteiger charge is 2.15. The van der Waals surface area contributed by atoms with Crippen LogP contribution in [-0.4, -0.2) is 29.1 Å². The van der Waals surface area contributed by atoms with E-state index in [9.17, 15) is 14.4 Å². The van der Waals surface area contributed by atoms with Crippen LogP contribution < -0.4 is 21.5 Å². The van der Waals surface area contributed by atoms with E-state index in [1.54, 1.807) is 18.4 Å². The minimum absolute atomic E-state index is 0.151. The fourth-order valence-electron chi connectivity index (χ4n) is 2.75. The number of nitrogens with one attached hydrogen (secondary N) is 1. The smallest absolute Gasteiger partial charge is 0.331 e. The molecule has 0 bridgehead atoms. The van der Waals surface area contributed by atoms with Gasteiger partial charge in [0.2, 0.25) is 5.91 Å². The molecule has 1 aromatic carbocycles. The number of carbonyl (C=O) groups is 1. The molecule has 1 amide bonds. The molecule has 0 atom stereocenters. The normalized spacial score (nSPS) is 10.9. The van der Waals surface area contributed by atoms with E-state index in [-0.39, 0.29) is 24.6 Å². The van der Waals surface area contributed by atoms with Crippen LogP contribution in [0.2, 0.25) is 0 Å². The van der Waals surface area contributed by atoms with Crippen LogP contribution in [0.5, 0.6) is 0 Å². The number of carbonyl (C=O) groups excluding carboxylic acids is 1. The quantitative estimate of drug-likeness (QED) is 0.743. The Morgan fingerprint density at radius 2 is 1.81 bits per heavy atom. The number of hydrogen-bond donors (Lipinski definition) is 1. The third-order valence-electron chi connectivity index (χ3n) is 4.12. The average molecular weight is 372 g/mol. The number of amides is 1. The number of anilines is 2. The van der Waals surface area contributed by atoms with E-state index in [0.717, 1.165) is 10.3 Å². The summed E-state index contributed by atoms with van der Waals surface area (Å²) in [5.74, 6) is -0.321. The van der Waals surface area contributed by atoms with Crippen molar-refractivity contribution in [2.75, 3.05) is 24.3 Å². The summed E-state index contributed by atoms with van der Waals surface area (Å²) >= 11 is 1.27. The number of thiophene rings is 1. The van der Waals surface area contributed by atoms with Crippen LogP contribution in [0.3, 0.4) is 0 Å². The molecular weight excluding hydrogens is 352 g/mol. The Balaban J connectivity index is 1.89. The van der Waals surface area contributed by atoms with Gasteiger partial charge in [0.25, 0.3) is 5.56 Å². The zero-order chi connectivity index (χ0) is 18.8. The molecule has 0 spiro atoms. The molecule has 1 N–H and O–H groups in total. The highest BCUT2D eigenvalue weighted by Crippen LogP contribution is 2.17. The lowest BCUT2D eigenvalue weighted by molar-refractivity contribution is -0.116. The van der Waals surface area contributed by atoms with Gasteiger partial charge in [-0.2, -0.15) is 0 Å². The highest BCUT2D eigenvalue weighted by atomic mass is 32.1. The lowest BCUT2D eigenvalue weighted by atomic mass is 10.2. The minimum atomic E-state index is -0.471. The van der Waals surface area contributed by atoms with Crippen LogP contribution in [0.1, 0.15) is 6.92 Å². The molecule has 26 heavy (non-hydrogen) atoms. The number of hydrogen-bond acceptors (Lipinski definition) is 5. The Bertz CT molecular complexity index is 1060. The second-order valence-electron chi connectivity index (χ2n) is 6.04. The molecule has 0 fully saturated rings. The van der Waals surface area contributed by atoms with Crippen LogP contribution >= 0.6 is 11.3 Å². The van der Waals surface area contributed by atoms with Crippen molar-refractivity contribution in [3.05, 3.63) is 56.5 Å². The zero-order valence-corrected chi connectivity index (χ0v) is 15.7. The largest absolute Gasteiger partial charge is 0.378 e. The first-order valence-electron chi connectivity index (χ1n) is 8.20. The molecule has 0 saturated carbocycles. The predicted molar refractivity (Wildman–Crippen MR) is 105 cm³/mol. The van der Waals surface area contributed by atoms with Gasteiger partial charge in [0.05, 0.1) is 5.52 Å². The SMILES string of the molecule is CCn1c(=O)c2sccc2n(CC(=O)Nc2ccc(N(C)C)cc2)c1=O. The average Bonchev–Trinajstić information content (AvgIpc) is 3.09. The monoisotopic (exact) mass is 372 g/mol. The summed E-state index contributed by atoms with van der Waals surface area (Å²) in [6.45, 7) is 1.85. The van der Waals surface area contributed by atoms with Gasteiger partial charge >= 0.3 is 5.69 Å². The van der Waals surface area contributed by atoms with E-state index in [4.69, 9.17) is 0 Å². The first-order valence-corrected chi connectivity index (χ1v) is 9.08. The molecule has 7 nitrogen and oxygen atoms in total. The molecule has 0 aliphatic carbocycles. The molecule has 2 aromatic heterocycles. The van der Waals surface area contributed by atoms with Gasteiger partial charge in [-0.3, -0.25) is 18.7 Å². The fraction of sp³-hybridized carbons (Fsp3) is 0.278. The van der Waals surface area contributed by atoms with Crippen LogP contribution in [0.4, 0.5) is 11.4 Å². The summed E-state index contributed by atoms with van der Waals surface area (Å²) in [7, 11) is 3.88. The lowest BCUT2D eigenvalue weighted by Crippen LogP contribution is -2.40. The maximum atomic E-state index is 12.6. The summed E-state index contributed by atoms with van der Waals surface area (Å²) < 4.78 is 2.98. The van der Waals surface area contributed by atoms with Gasteiger partial charge in [-0.05, 0) is 42.6 Å². The number of nitrogens with zero attached hydrogens (tertiary/aromatic N) is 3.